The van der Waals surface area contributed by atoms with Crippen LogP contribution in [0.3, 0.4) is 0 Å². The highest BCUT2D eigenvalue weighted by Crippen LogP contribution is 2.29. The van der Waals surface area contributed by atoms with Crippen LogP contribution in [0.1, 0.15) is 16.1 Å². The van der Waals surface area contributed by atoms with E-state index in [1.807, 2.05) is 0 Å². The first-order valence-electron chi connectivity index (χ1n) is 8.45. The molecule has 2 aromatic heterocycles. The van der Waals surface area contributed by atoms with Crippen molar-refractivity contribution in [3.8, 4) is 11.5 Å². The predicted molar refractivity (Wildman–Crippen MR) is 109 cm³/mol. The average molecular weight is 414 g/mol. The molecule has 0 aliphatic heterocycles. The van der Waals surface area contributed by atoms with E-state index in [0.717, 1.165) is 0 Å². The number of anilines is 2. The number of aromatic nitrogens is 2. The van der Waals surface area contributed by atoms with Gasteiger partial charge in [-0.15, -0.1) is 11.3 Å². The number of hydrogen-bond donors (Lipinski definition) is 3. The van der Waals surface area contributed by atoms with Crippen LogP contribution >= 0.6 is 11.3 Å². The van der Waals surface area contributed by atoms with E-state index in [1.54, 1.807) is 23.6 Å². The van der Waals surface area contributed by atoms with E-state index in [9.17, 15) is 14.4 Å². The summed E-state index contributed by atoms with van der Waals surface area (Å²) in [6, 6.07) is 7.74. The highest BCUT2D eigenvalue weighted by Gasteiger charge is 2.12. The molecule has 10 heteroatoms. The molecule has 29 heavy (non-hydrogen) atoms. The average Bonchev–Trinajstić information content (AvgIpc) is 3.14. The van der Waals surface area contributed by atoms with Crippen LogP contribution in [0.5, 0.6) is 11.5 Å². The van der Waals surface area contributed by atoms with Gasteiger partial charge in [0.1, 0.15) is 0 Å². The first-order valence-corrected chi connectivity index (χ1v) is 9.33. The Kier molecular flexibility index (Phi) is 6.25. The third-order valence-corrected chi connectivity index (χ3v) is 4.63. The molecule has 2 amide bonds. The highest BCUT2D eigenvalue weighted by atomic mass is 32.1. The summed E-state index contributed by atoms with van der Waals surface area (Å²) in [5.74, 6) is 0.400. The van der Waals surface area contributed by atoms with Crippen LogP contribution in [0.4, 0.5) is 10.8 Å². The quantitative estimate of drug-likeness (QED) is 0.545. The Labute approximate surface area is 169 Å². The molecule has 3 aromatic rings. The standard InChI is InChI=1S/C19H18N4O5S/c1-27-14-5-4-12(7-15(14)28-2)21-17(25)8-13-10-29-19(22-13)23-18(26)11-3-6-16(24)20-9-11/h3-7,9-10H,8H2,1-2H3,(H,20,24)(H,21,25)(H,22,23,26). The first-order chi connectivity index (χ1) is 14.0. The molecular weight excluding hydrogens is 396 g/mol. The second kappa shape index (κ2) is 9.02. The third kappa shape index (κ3) is 5.20. The summed E-state index contributed by atoms with van der Waals surface area (Å²) in [5, 5.41) is 7.45. The van der Waals surface area contributed by atoms with Crippen molar-refractivity contribution in [2.45, 2.75) is 6.42 Å². The zero-order valence-electron chi connectivity index (χ0n) is 15.6. The van der Waals surface area contributed by atoms with Gasteiger partial charge in [-0.3, -0.25) is 19.7 Å². The number of pyridine rings is 1. The van der Waals surface area contributed by atoms with Crippen LogP contribution in [0, 0.1) is 0 Å². The van der Waals surface area contributed by atoms with Gasteiger partial charge in [-0.1, -0.05) is 0 Å². The van der Waals surface area contributed by atoms with E-state index in [1.165, 1.54) is 43.9 Å². The maximum atomic E-state index is 12.3. The maximum Gasteiger partial charge on any atom is 0.258 e. The highest BCUT2D eigenvalue weighted by molar-refractivity contribution is 7.14. The van der Waals surface area contributed by atoms with Gasteiger partial charge in [0, 0.05) is 29.4 Å². The van der Waals surface area contributed by atoms with Crippen molar-refractivity contribution in [3.05, 3.63) is 63.5 Å². The lowest BCUT2D eigenvalue weighted by atomic mass is 10.2. The lowest BCUT2D eigenvalue weighted by Crippen LogP contribution is -2.16. The first kappa shape index (κ1) is 20.1. The topological polar surface area (TPSA) is 122 Å². The Morgan fingerprint density at radius 1 is 1.10 bits per heavy atom. The lowest BCUT2D eigenvalue weighted by molar-refractivity contribution is -0.115. The number of nitrogens with zero attached hydrogens (tertiary/aromatic N) is 1. The molecule has 3 N–H and O–H groups in total. The molecule has 2 heterocycles. The molecule has 0 aliphatic carbocycles. The SMILES string of the molecule is COc1ccc(NC(=O)Cc2csc(NC(=O)c3ccc(=O)[nH]c3)n2)cc1OC. The maximum absolute atomic E-state index is 12.3. The van der Waals surface area contributed by atoms with Gasteiger partial charge in [0.15, 0.2) is 16.6 Å². The second-order valence-corrected chi connectivity index (χ2v) is 6.69. The number of carbonyl (C=O) groups is 2. The smallest absolute Gasteiger partial charge is 0.258 e. The van der Waals surface area contributed by atoms with Gasteiger partial charge in [-0.25, -0.2) is 4.98 Å². The van der Waals surface area contributed by atoms with Crippen molar-refractivity contribution < 1.29 is 19.1 Å². The number of rotatable bonds is 7. The number of ether oxygens (including phenoxy) is 2. The molecule has 0 atom stereocenters. The number of H-pyrrole nitrogens is 1. The van der Waals surface area contributed by atoms with Crippen molar-refractivity contribution >= 4 is 34.0 Å². The molecule has 0 unspecified atom stereocenters. The van der Waals surface area contributed by atoms with Crippen LogP contribution in [-0.2, 0) is 11.2 Å². The number of amides is 2. The third-order valence-electron chi connectivity index (χ3n) is 3.83. The Morgan fingerprint density at radius 3 is 2.59 bits per heavy atom. The summed E-state index contributed by atoms with van der Waals surface area (Å²) >= 11 is 1.20. The van der Waals surface area contributed by atoms with Gasteiger partial charge in [-0.05, 0) is 18.2 Å². The zero-order valence-corrected chi connectivity index (χ0v) is 16.5. The largest absolute Gasteiger partial charge is 0.493 e. The monoisotopic (exact) mass is 414 g/mol. The van der Waals surface area contributed by atoms with E-state index in [-0.39, 0.29) is 17.9 Å². The fourth-order valence-corrected chi connectivity index (χ4v) is 3.16. The molecule has 0 bridgehead atoms. The Morgan fingerprint density at radius 2 is 1.90 bits per heavy atom. The minimum Gasteiger partial charge on any atom is -0.493 e. The van der Waals surface area contributed by atoms with Crippen molar-refractivity contribution in [2.75, 3.05) is 24.9 Å². The predicted octanol–water partition coefficient (Wildman–Crippen LogP) is 2.28. The van der Waals surface area contributed by atoms with E-state index >= 15 is 0 Å². The van der Waals surface area contributed by atoms with E-state index < -0.39 is 5.91 Å². The minimum absolute atomic E-state index is 0.0410. The van der Waals surface area contributed by atoms with Crippen molar-refractivity contribution in [2.24, 2.45) is 0 Å². The summed E-state index contributed by atoms with van der Waals surface area (Å²) in [6.07, 6.45) is 1.36. The Balaban J connectivity index is 1.59. The summed E-state index contributed by atoms with van der Waals surface area (Å²) in [5.41, 5.74) is 1.09. The Bertz CT molecular complexity index is 1070. The summed E-state index contributed by atoms with van der Waals surface area (Å²) in [6.45, 7) is 0. The van der Waals surface area contributed by atoms with Crippen LogP contribution in [-0.4, -0.2) is 36.0 Å². The van der Waals surface area contributed by atoms with Gasteiger partial charge in [0.2, 0.25) is 11.5 Å². The van der Waals surface area contributed by atoms with Gasteiger partial charge >= 0.3 is 0 Å². The van der Waals surface area contributed by atoms with Crippen molar-refractivity contribution in [1.29, 1.82) is 0 Å². The fourth-order valence-electron chi connectivity index (χ4n) is 2.45. The normalized spacial score (nSPS) is 10.3. The summed E-state index contributed by atoms with van der Waals surface area (Å²) in [4.78, 5) is 42.2. The molecule has 0 saturated heterocycles. The second-order valence-electron chi connectivity index (χ2n) is 5.83. The van der Waals surface area contributed by atoms with Crippen LogP contribution in [0.2, 0.25) is 0 Å². The Hall–Kier alpha value is -3.66. The van der Waals surface area contributed by atoms with Crippen molar-refractivity contribution in [3.63, 3.8) is 0 Å². The molecule has 0 fully saturated rings. The minimum atomic E-state index is -0.406. The number of methoxy groups -OCH3 is 2. The molecule has 0 radical (unpaired) electrons. The summed E-state index contributed by atoms with van der Waals surface area (Å²) in [7, 11) is 3.05. The zero-order chi connectivity index (χ0) is 20.8. The van der Waals surface area contributed by atoms with E-state index in [0.29, 0.717) is 33.6 Å². The molecule has 3 rings (SSSR count). The van der Waals surface area contributed by atoms with Gasteiger partial charge < -0.3 is 19.8 Å². The van der Waals surface area contributed by atoms with Crippen LogP contribution < -0.4 is 25.7 Å². The van der Waals surface area contributed by atoms with Gasteiger partial charge in [0.05, 0.1) is 31.9 Å². The van der Waals surface area contributed by atoms with Gasteiger partial charge in [0.25, 0.3) is 5.91 Å². The fraction of sp³-hybridized carbons (Fsp3) is 0.158. The van der Waals surface area contributed by atoms with E-state index in [2.05, 4.69) is 20.6 Å². The van der Waals surface area contributed by atoms with Gasteiger partial charge in [-0.2, -0.15) is 0 Å². The number of benzene rings is 1. The molecule has 150 valence electrons. The van der Waals surface area contributed by atoms with Crippen LogP contribution in [0.25, 0.3) is 0 Å². The number of hydrogen-bond acceptors (Lipinski definition) is 7. The molecule has 1 aromatic carbocycles. The van der Waals surface area contributed by atoms with Crippen LogP contribution in [0.15, 0.2) is 46.7 Å². The van der Waals surface area contributed by atoms with Crippen molar-refractivity contribution in [1.82, 2.24) is 9.97 Å². The molecule has 9 nitrogen and oxygen atoms in total. The number of carbonyl (C=O) groups excluding carboxylic acids is 2. The lowest BCUT2D eigenvalue weighted by Gasteiger charge is -2.10. The number of aromatic amines is 1. The molecule has 0 aliphatic rings. The molecule has 0 saturated carbocycles. The number of thiazole rings is 1. The molecule has 0 spiro atoms. The molecular formula is C19H18N4O5S. The summed E-state index contributed by atoms with van der Waals surface area (Å²) < 4.78 is 10.4. The van der Waals surface area contributed by atoms with E-state index in [4.69, 9.17) is 9.47 Å². The number of nitrogens with one attached hydrogen (secondary N) is 3.